The van der Waals surface area contributed by atoms with Crippen LogP contribution in [0.2, 0.25) is 0 Å². The lowest BCUT2D eigenvalue weighted by Gasteiger charge is -2.18. The normalized spacial score (nSPS) is 15.6. The number of hydrogen-bond donors (Lipinski definition) is 1. The highest BCUT2D eigenvalue weighted by Crippen LogP contribution is 2.44. The van der Waals surface area contributed by atoms with E-state index >= 15 is 0 Å². The molecule has 0 unspecified atom stereocenters. The Morgan fingerprint density at radius 3 is 2.11 bits per heavy atom. The summed E-state index contributed by atoms with van der Waals surface area (Å²) in [5, 5.41) is 5.76. The first kappa shape index (κ1) is 15.4. The Bertz CT molecular complexity index is 453. The second kappa shape index (κ2) is 5.54. The van der Waals surface area contributed by atoms with Gasteiger partial charge in [-0.15, -0.1) is 0 Å². The van der Waals surface area contributed by atoms with E-state index in [1.165, 1.54) is 39.1 Å². The van der Waals surface area contributed by atoms with E-state index in [2.05, 4.69) is 34.6 Å². The molecule has 18 heavy (non-hydrogen) atoms. The van der Waals surface area contributed by atoms with Crippen molar-refractivity contribution in [3.63, 3.8) is 0 Å². The molecule has 0 bridgehead atoms. The zero-order valence-electron chi connectivity index (χ0n) is 12.6. The highest BCUT2D eigenvalue weighted by atomic mass is 32.2. The van der Waals surface area contributed by atoms with Gasteiger partial charge in [-0.2, -0.15) is 0 Å². The molecule has 0 saturated heterocycles. The molecular weight excluding hydrogens is 242 g/mol. The summed E-state index contributed by atoms with van der Waals surface area (Å²) in [6.07, 6.45) is 0.975. The van der Waals surface area contributed by atoms with Gasteiger partial charge >= 0.3 is 0 Å². The molecule has 1 aliphatic rings. The summed E-state index contributed by atoms with van der Waals surface area (Å²) >= 11 is 1.35. The molecular formula is C15H25NOS. The highest BCUT2D eigenvalue weighted by molar-refractivity contribution is 7.97. The zero-order valence-corrected chi connectivity index (χ0v) is 13.4. The van der Waals surface area contributed by atoms with Crippen LogP contribution in [-0.2, 0) is 6.42 Å². The van der Waals surface area contributed by atoms with Gasteiger partial charge in [-0.25, -0.2) is 0 Å². The summed E-state index contributed by atoms with van der Waals surface area (Å²) in [5.41, 5.74) is 5.03. The Balaban J connectivity index is 0.000000771. The maximum Gasteiger partial charge on any atom is 0.126 e. The van der Waals surface area contributed by atoms with Gasteiger partial charge in [0.1, 0.15) is 11.4 Å². The van der Waals surface area contributed by atoms with Crippen molar-refractivity contribution in [2.75, 3.05) is 0 Å². The number of nitrogens with two attached hydrogens (primary N) is 1. The topological polar surface area (TPSA) is 35.2 Å². The second-order valence-electron chi connectivity index (χ2n) is 5.17. The molecule has 0 radical (unpaired) electrons. The molecule has 0 saturated carbocycles. The Morgan fingerprint density at radius 1 is 1.06 bits per heavy atom. The molecule has 0 amide bonds. The molecule has 0 aliphatic carbocycles. The van der Waals surface area contributed by atoms with E-state index in [0.29, 0.717) is 0 Å². The van der Waals surface area contributed by atoms with Crippen LogP contribution in [0.4, 0.5) is 0 Å². The van der Waals surface area contributed by atoms with Gasteiger partial charge in [-0.3, -0.25) is 5.14 Å². The molecule has 0 aromatic heterocycles. The number of hydrogen-bond acceptors (Lipinski definition) is 3. The molecule has 0 fully saturated rings. The lowest BCUT2D eigenvalue weighted by molar-refractivity contribution is 0.137. The van der Waals surface area contributed by atoms with Crippen LogP contribution < -0.4 is 9.88 Å². The molecule has 1 aliphatic heterocycles. The van der Waals surface area contributed by atoms with Gasteiger partial charge in [0.15, 0.2) is 0 Å². The third-order valence-electron chi connectivity index (χ3n) is 3.41. The minimum absolute atomic E-state index is 0.0812. The Hall–Kier alpha value is -0.670. The van der Waals surface area contributed by atoms with Crippen molar-refractivity contribution in [1.29, 1.82) is 0 Å². The van der Waals surface area contributed by atoms with Crippen LogP contribution in [0.5, 0.6) is 5.75 Å². The van der Waals surface area contributed by atoms with Gasteiger partial charge in [0.25, 0.3) is 0 Å². The number of benzene rings is 1. The Kier molecular flexibility index (Phi) is 4.73. The minimum Gasteiger partial charge on any atom is -0.487 e. The standard InChI is InChI=1S/C13H19NOS.C2H6/c1-7-8(2)12(16-14)9(3)10-6-13(4,5)15-11(7)10;1-2/h6,14H2,1-5H3;1-2H3. The van der Waals surface area contributed by atoms with Gasteiger partial charge < -0.3 is 4.74 Å². The van der Waals surface area contributed by atoms with Gasteiger partial charge in [0.05, 0.1) is 0 Å². The van der Waals surface area contributed by atoms with E-state index in [1.807, 2.05) is 13.8 Å². The fourth-order valence-corrected chi connectivity index (χ4v) is 3.05. The first-order chi connectivity index (χ1) is 8.37. The van der Waals surface area contributed by atoms with Crippen LogP contribution in [-0.4, -0.2) is 5.60 Å². The summed E-state index contributed by atoms with van der Waals surface area (Å²) < 4.78 is 6.04. The van der Waals surface area contributed by atoms with Crippen LogP contribution in [0, 0.1) is 20.8 Å². The SMILES string of the molecule is CC.Cc1c(C)c(SN)c(C)c2c1OC(C)(C)C2. The maximum atomic E-state index is 6.04. The van der Waals surface area contributed by atoms with Crippen molar-refractivity contribution >= 4 is 11.9 Å². The van der Waals surface area contributed by atoms with Crippen LogP contribution in [0.25, 0.3) is 0 Å². The molecule has 3 heteroatoms. The number of rotatable bonds is 1. The van der Waals surface area contributed by atoms with E-state index in [9.17, 15) is 0 Å². The molecule has 1 aromatic carbocycles. The summed E-state index contributed by atoms with van der Waals surface area (Å²) in [5.74, 6) is 1.08. The fourth-order valence-electron chi connectivity index (χ4n) is 2.42. The number of ether oxygens (including phenoxy) is 1. The van der Waals surface area contributed by atoms with Gasteiger partial charge in [0, 0.05) is 16.9 Å². The molecule has 0 spiro atoms. The Morgan fingerprint density at radius 2 is 1.61 bits per heavy atom. The van der Waals surface area contributed by atoms with Gasteiger partial charge in [0.2, 0.25) is 0 Å². The van der Waals surface area contributed by atoms with E-state index in [-0.39, 0.29) is 5.60 Å². The molecule has 102 valence electrons. The average molecular weight is 267 g/mol. The summed E-state index contributed by atoms with van der Waals surface area (Å²) in [6, 6.07) is 0. The average Bonchev–Trinajstić information content (AvgIpc) is 2.66. The van der Waals surface area contributed by atoms with Gasteiger partial charge in [-0.1, -0.05) is 13.8 Å². The zero-order chi connectivity index (χ0) is 14.1. The molecule has 1 aromatic rings. The third-order valence-corrected chi connectivity index (χ3v) is 4.26. The smallest absolute Gasteiger partial charge is 0.126 e. The number of fused-ring (bicyclic) bond motifs is 1. The lowest BCUT2D eigenvalue weighted by atomic mass is 9.94. The van der Waals surface area contributed by atoms with E-state index in [1.54, 1.807) is 0 Å². The fraction of sp³-hybridized carbons (Fsp3) is 0.600. The van der Waals surface area contributed by atoms with E-state index in [4.69, 9.17) is 9.88 Å². The lowest BCUT2D eigenvalue weighted by Crippen LogP contribution is -2.24. The first-order valence-corrected chi connectivity index (χ1v) is 7.43. The van der Waals surface area contributed by atoms with Crippen molar-refractivity contribution in [2.45, 2.75) is 65.4 Å². The quantitative estimate of drug-likeness (QED) is 0.770. The van der Waals surface area contributed by atoms with Crippen molar-refractivity contribution in [2.24, 2.45) is 5.14 Å². The molecule has 2 rings (SSSR count). The van der Waals surface area contributed by atoms with Crippen molar-refractivity contribution in [1.82, 2.24) is 0 Å². The monoisotopic (exact) mass is 267 g/mol. The summed E-state index contributed by atoms with van der Waals surface area (Å²) in [4.78, 5) is 1.21. The van der Waals surface area contributed by atoms with Crippen molar-refractivity contribution in [3.8, 4) is 5.75 Å². The van der Waals surface area contributed by atoms with Crippen LogP contribution in [0.15, 0.2) is 4.90 Å². The van der Waals surface area contributed by atoms with E-state index < -0.39 is 0 Å². The second-order valence-corrected chi connectivity index (χ2v) is 5.81. The van der Waals surface area contributed by atoms with Gasteiger partial charge in [-0.05, 0) is 63.3 Å². The predicted octanol–water partition coefficient (Wildman–Crippen LogP) is 4.32. The third kappa shape index (κ3) is 2.52. The highest BCUT2D eigenvalue weighted by Gasteiger charge is 2.34. The molecule has 0 atom stereocenters. The van der Waals surface area contributed by atoms with Crippen LogP contribution >= 0.6 is 11.9 Å². The van der Waals surface area contributed by atoms with Crippen molar-refractivity contribution < 1.29 is 4.74 Å². The molecule has 1 heterocycles. The van der Waals surface area contributed by atoms with Crippen LogP contribution in [0.1, 0.15) is 49.9 Å². The van der Waals surface area contributed by atoms with Crippen LogP contribution in [0.3, 0.4) is 0 Å². The largest absolute Gasteiger partial charge is 0.487 e. The molecule has 2 nitrogen and oxygen atoms in total. The first-order valence-electron chi connectivity index (χ1n) is 6.56. The minimum atomic E-state index is -0.0812. The maximum absolute atomic E-state index is 6.04. The Labute approximate surface area is 115 Å². The van der Waals surface area contributed by atoms with E-state index in [0.717, 1.165) is 12.2 Å². The predicted molar refractivity (Wildman–Crippen MR) is 80.5 cm³/mol. The molecule has 2 N–H and O–H groups in total. The van der Waals surface area contributed by atoms with Crippen molar-refractivity contribution in [3.05, 3.63) is 22.3 Å². The summed E-state index contributed by atoms with van der Waals surface area (Å²) in [6.45, 7) is 14.7. The summed E-state index contributed by atoms with van der Waals surface area (Å²) in [7, 11) is 0.